The molecule has 1 aliphatic carbocycles. The van der Waals surface area contributed by atoms with E-state index in [9.17, 15) is 9.90 Å². The first-order valence-corrected chi connectivity index (χ1v) is 5.05. The number of rotatable bonds is 0. The molecule has 0 aromatic heterocycles. The van der Waals surface area contributed by atoms with Crippen LogP contribution in [0.5, 0.6) is 0 Å². The van der Waals surface area contributed by atoms with Crippen LogP contribution >= 0.6 is 0 Å². The molecule has 2 unspecified atom stereocenters. The molecule has 0 saturated carbocycles. The summed E-state index contributed by atoms with van der Waals surface area (Å²) >= 11 is 0. The van der Waals surface area contributed by atoms with Crippen LogP contribution in [0.2, 0.25) is 0 Å². The van der Waals surface area contributed by atoms with Crippen molar-refractivity contribution in [2.75, 3.05) is 6.54 Å². The molecule has 3 heteroatoms. The van der Waals surface area contributed by atoms with Gasteiger partial charge in [0.05, 0.1) is 5.54 Å². The van der Waals surface area contributed by atoms with Crippen LogP contribution in [0.15, 0.2) is 12.2 Å². The minimum absolute atomic E-state index is 0.0607. The van der Waals surface area contributed by atoms with Gasteiger partial charge in [0.15, 0.2) is 0 Å². The number of amides is 1. The zero-order chi connectivity index (χ0) is 10.6. The predicted molar refractivity (Wildman–Crippen MR) is 51.5 cm³/mol. The molecule has 1 fully saturated rings. The quantitative estimate of drug-likeness (QED) is 0.540. The van der Waals surface area contributed by atoms with Crippen LogP contribution in [0.3, 0.4) is 0 Å². The summed E-state index contributed by atoms with van der Waals surface area (Å²) in [5.74, 6) is 0.395. The summed E-state index contributed by atoms with van der Waals surface area (Å²) < 4.78 is 0. The highest BCUT2D eigenvalue weighted by atomic mass is 16.4. The first-order valence-electron chi connectivity index (χ1n) is 5.05. The average Bonchev–Trinajstić information content (AvgIpc) is 2.58. The molecule has 78 valence electrons. The van der Waals surface area contributed by atoms with Gasteiger partial charge in [0.25, 0.3) is 0 Å². The maximum atomic E-state index is 11.0. The second kappa shape index (κ2) is 2.53. The van der Waals surface area contributed by atoms with Gasteiger partial charge >= 0.3 is 0 Å². The number of carbonyl (C=O) groups is 1. The van der Waals surface area contributed by atoms with E-state index in [1.54, 1.807) is 0 Å². The summed E-state index contributed by atoms with van der Waals surface area (Å²) in [6.07, 6.45) is 4.08. The van der Waals surface area contributed by atoms with Crippen molar-refractivity contribution in [3.8, 4) is 0 Å². The number of carboxylic acid groups (broad SMARTS) is 1. The number of hydrogen-bond donors (Lipinski definition) is 0. The zero-order valence-corrected chi connectivity index (χ0v) is 8.91. The number of likely N-dealkylation sites (tertiary alicyclic amines) is 1. The lowest BCUT2D eigenvalue weighted by atomic mass is 9.73. The van der Waals surface area contributed by atoms with Crippen molar-refractivity contribution in [3.05, 3.63) is 12.2 Å². The Kier molecular flexibility index (Phi) is 1.72. The molecule has 1 aliphatic heterocycles. The molecule has 0 N–H and O–H groups in total. The maximum Gasteiger partial charge on any atom is 0.137 e. The molecule has 2 bridgehead atoms. The standard InChI is InChI=1S/C11H17NO2/c1-10(2,3)11-5-4-8(6-11)7-12(11)9(13)14/h4-5,8H,6-7H2,1-3H3,(H,13,14)/p-1. The van der Waals surface area contributed by atoms with Crippen molar-refractivity contribution < 1.29 is 9.90 Å². The van der Waals surface area contributed by atoms with Gasteiger partial charge in [0.1, 0.15) is 6.09 Å². The van der Waals surface area contributed by atoms with Crippen LogP contribution in [0.4, 0.5) is 4.79 Å². The summed E-state index contributed by atoms with van der Waals surface area (Å²) in [6.45, 7) is 6.86. The zero-order valence-electron chi connectivity index (χ0n) is 8.91. The smallest absolute Gasteiger partial charge is 0.137 e. The first-order chi connectivity index (χ1) is 6.37. The van der Waals surface area contributed by atoms with Gasteiger partial charge in [-0.1, -0.05) is 32.9 Å². The van der Waals surface area contributed by atoms with Crippen molar-refractivity contribution in [1.82, 2.24) is 4.90 Å². The number of hydrogen-bond acceptors (Lipinski definition) is 2. The molecule has 0 aromatic rings. The Morgan fingerprint density at radius 1 is 1.57 bits per heavy atom. The topological polar surface area (TPSA) is 43.4 Å². The van der Waals surface area contributed by atoms with E-state index in [1.807, 2.05) is 0 Å². The van der Waals surface area contributed by atoms with E-state index >= 15 is 0 Å². The lowest BCUT2D eigenvalue weighted by Crippen LogP contribution is -2.57. The van der Waals surface area contributed by atoms with Crippen molar-refractivity contribution >= 4 is 6.09 Å². The Hall–Kier alpha value is -0.990. The Labute approximate surface area is 84.4 Å². The normalized spacial score (nSPS) is 35.4. The monoisotopic (exact) mass is 194 g/mol. The minimum Gasteiger partial charge on any atom is -0.530 e. The molecular weight excluding hydrogens is 178 g/mol. The third-order valence-electron chi connectivity index (χ3n) is 3.64. The maximum absolute atomic E-state index is 11.0. The Morgan fingerprint density at radius 3 is 2.57 bits per heavy atom. The molecule has 1 saturated heterocycles. The first kappa shape index (κ1) is 9.56. The summed E-state index contributed by atoms with van der Waals surface area (Å²) in [4.78, 5) is 12.5. The van der Waals surface area contributed by atoms with Crippen molar-refractivity contribution in [2.45, 2.75) is 32.7 Å². The summed E-state index contributed by atoms with van der Waals surface area (Å²) in [7, 11) is 0. The highest BCUT2D eigenvalue weighted by molar-refractivity contribution is 5.66. The van der Waals surface area contributed by atoms with Gasteiger partial charge < -0.3 is 14.8 Å². The Morgan fingerprint density at radius 2 is 2.21 bits per heavy atom. The van der Waals surface area contributed by atoms with Crippen molar-refractivity contribution in [2.24, 2.45) is 11.3 Å². The van der Waals surface area contributed by atoms with E-state index in [0.29, 0.717) is 12.5 Å². The van der Waals surface area contributed by atoms with Crippen LogP contribution in [0.25, 0.3) is 0 Å². The third kappa shape index (κ3) is 1.01. The van der Waals surface area contributed by atoms with E-state index in [4.69, 9.17) is 0 Å². The van der Waals surface area contributed by atoms with Crippen molar-refractivity contribution in [3.63, 3.8) is 0 Å². The Balaban J connectivity index is 2.41. The molecule has 2 rings (SSSR count). The molecule has 14 heavy (non-hydrogen) atoms. The van der Waals surface area contributed by atoms with Gasteiger partial charge in [-0.25, -0.2) is 0 Å². The van der Waals surface area contributed by atoms with Crippen LogP contribution in [-0.4, -0.2) is 23.1 Å². The van der Waals surface area contributed by atoms with Gasteiger partial charge in [0, 0.05) is 6.54 Å². The lowest BCUT2D eigenvalue weighted by Gasteiger charge is -2.47. The summed E-state index contributed by atoms with van der Waals surface area (Å²) in [5, 5.41) is 11.0. The van der Waals surface area contributed by atoms with Crippen molar-refractivity contribution in [1.29, 1.82) is 0 Å². The molecule has 0 spiro atoms. The SMILES string of the molecule is CC(C)(C)C12C=CC(CN1C(=O)[O-])C2. The van der Waals surface area contributed by atoms with E-state index in [1.165, 1.54) is 4.90 Å². The Bertz CT molecular complexity index is 303. The molecule has 1 amide bonds. The van der Waals surface area contributed by atoms with Gasteiger partial charge in [-0.2, -0.15) is 0 Å². The van der Waals surface area contributed by atoms with E-state index in [0.717, 1.165) is 6.42 Å². The van der Waals surface area contributed by atoms with Gasteiger partial charge in [-0.3, -0.25) is 0 Å². The van der Waals surface area contributed by atoms with E-state index in [2.05, 4.69) is 32.9 Å². The second-order valence-corrected chi connectivity index (χ2v) is 5.37. The van der Waals surface area contributed by atoms with Gasteiger partial charge in [0.2, 0.25) is 0 Å². The summed E-state index contributed by atoms with van der Waals surface area (Å²) in [5.41, 5.74) is -0.384. The van der Waals surface area contributed by atoms with E-state index < -0.39 is 6.09 Å². The molecule has 1 heterocycles. The largest absolute Gasteiger partial charge is 0.530 e. The molecular formula is C11H16NO2-. The fourth-order valence-electron chi connectivity index (χ4n) is 2.75. The highest BCUT2D eigenvalue weighted by Crippen LogP contribution is 2.50. The van der Waals surface area contributed by atoms with Crippen LogP contribution in [-0.2, 0) is 0 Å². The number of carbonyl (C=O) groups excluding carboxylic acids is 1. The van der Waals surface area contributed by atoms with Gasteiger partial charge in [-0.15, -0.1) is 0 Å². The molecule has 0 aromatic carbocycles. The minimum atomic E-state index is -1.04. The average molecular weight is 194 g/mol. The molecule has 0 radical (unpaired) electrons. The van der Waals surface area contributed by atoms with E-state index in [-0.39, 0.29) is 11.0 Å². The van der Waals surface area contributed by atoms with Crippen LogP contribution in [0.1, 0.15) is 27.2 Å². The fraction of sp³-hybridized carbons (Fsp3) is 0.727. The fourth-order valence-corrected chi connectivity index (χ4v) is 2.75. The lowest BCUT2D eigenvalue weighted by molar-refractivity contribution is -0.271. The predicted octanol–water partition coefficient (Wildman–Crippen LogP) is 1.01. The van der Waals surface area contributed by atoms with Gasteiger partial charge in [-0.05, 0) is 17.8 Å². The molecule has 2 atom stereocenters. The number of nitrogens with zero attached hydrogens (tertiary/aromatic N) is 1. The van der Waals surface area contributed by atoms with Crippen LogP contribution in [0, 0.1) is 11.3 Å². The highest BCUT2D eigenvalue weighted by Gasteiger charge is 2.53. The van der Waals surface area contributed by atoms with Crippen LogP contribution < -0.4 is 5.11 Å². The molecule has 3 nitrogen and oxygen atoms in total. The number of fused-ring (bicyclic) bond motifs is 2. The summed E-state index contributed by atoms with van der Waals surface area (Å²) in [6, 6.07) is 0. The second-order valence-electron chi connectivity index (χ2n) is 5.37. The third-order valence-corrected chi connectivity index (χ3v) is 3.64. The molecule has 2 aliphatic rings.